The van der Waals surface area contributed by atoms with E-state index in [-0.39, 0.29) is 17.0 Å². The third-order valence-electron chi connectivity index (χ3n) is 3.30. The van der Waals surface area contributed by atoms with Gasteiger partial charge in [0.25, 0.3) is 0 Å². The van der Waals surface area contributed by atoms with Crippen molar-refractivity contribution in [3.63, 3.8) is 0 Å². The van der Waals surface area contributed by atoms with Crippen molar-refractivity contribution in [1.29, 1.82) is 0 Å². The number of rotatable bonds is 3. The van der Waals surface area contributed by atoms with Gasteiger partial charge in [-0.3, -0.25) is 9.69 Å². The molecule has 7 heteroatoms. The zero-order valence-corrected chi connectivity index (χ0v) is 12.3. The highest BCUT2D eigenvalue weighted by atomic mass is 32.2. The summed E-state index contributed by atoms with van der Waals surface area (Å²) >= 11 is 3.12. The Balaban J connectivity index is 1.95. The molecule has 1 saturated heterocycles. The monoisotopic (exact) mass is 308 g/mol. The second-order valence-electron chi connectivity index (χ2n) is 4.55. The van der Waals surface area contributed by atoms with Gasteiger partial charge in [0, 0.05) is 10.6 Å². The summed E-state index contributed by atoms with van der Waals surface area (Å²) in [6.45, 7) is 1.91. The number of β-lactam (4-membered cyclic amide) rings is 1. The van der Waals surface area contributed by atoms with Gasteiger partial charge >= 0.3 is 5.97 Å². The first-order valence-electron chi connectivity index (χ1n) is 6.06. The zero-order chi connectivity index (χ0) is 14.3. The molecule has 0 unspecified atom stereocenters. The van der Waals surface area contributed by atoms with Crippen LogP contribution in [0.3, 0.4) is 0 Å². The Morgan fingerprint density at radius 1 is 1.55 bits per heavy atom. The third-order valence-corrected chi connectivity index (χ3v) is 5.44. The fraction of sp³-hybridized carbons (Fsp3) is 0.308. The maximum atomic E-state index is 11.6. The Bertz CT molecular complexity index is 648. The number of fused-ring (bicyclic) bond motifs is 1. The molecule has 1 aromatic rings. The molecule has 0 aliphatic carbocycles. The molecule has 0 spiro atoms. The molecule has 1 amide bonds. The Morgan fingerprint density at radius 2 is 2.35 bits per heavy atom. The minimum absolute atomic E-state index is 0.00381. The summed E-state index contributed by atoms with van der Waals surface area (Å²) in [5, 5.41) is 9.35. The van der Waals surface area contributed by atoms with Crippen LogP contribution in [0.5, 0.6) is 0 Å². The number of amides is 1. The van der Waals surface area contributed by atoms with E-state index in [1.54, 1.807) is 23.3 Å². The number of allylic oxidation sites excluding steroid dienone is 1. The molecule has 2 aliphatic rings. The van der Waals surface area contributed by atoms with E-state index in [4.69, 9.17) is 0 Å². The van der Waals surface area contributed by atoms with Crippen LogP contribution in [0, 0.1) is 6.92 Å². The van der Waals surface area contributed by atoms with Crippen LogP contribution in [0.25, 0.3) is 6.08 Å². The number of aliphatic carboxylic acids is 1. The highest BCUT2D eigenvalue weighted by Crippen LogP contribution is 2.40. The number of hydrogen-bond donors (Lipinski definition) is 1. The molecule has 2 aliphatic heterocycles. The molecule has 20 heavy (non-hydrogen) atoms. The second-order valence-corrected chi connectivity index (χ2v) is 6.60. The average molecular weight is 308 g/mol. The number of aryl methyl sites for hydroxylation is 1. The number of carbonyl (C=O) groups excluding carboxylic acids is 1. The Kier molecular flexibility index (Phi) is 3.39. The third kappa shape index (κ3) is 2.16. The van der Waals surface area contributed by atoms with E-state index in [9.17, 15) is 14.7 Å². The summed E-state index contributed by atoms with van der Waals surface area (Å²) in [6, 6.07) is 0. The summed E-state index contributed by atoms with van der Waals surface area (Å²) in [7, 11) is 0. The van der Waals surface area contributed by atoms with Gasteiger partial charge in [0.2, 0.25) is 5.91 Å². The molecule has 3 heterocycles. The molecule has 1 aromatic heterocycles. The van der Waals surface area contributed by atoms with Crippen LogP contribution < -0.4 is 0 Å². The molecule has 0 saturated carbocycles. The Hall–Kier alpha value is -1.60. The van der Waals surface area contributed by atoms with Crippen molar-refractivity contribution in [3.8, 4) is 0 Å². The van der Waals surface area contributed by atoms with Gasteiger partial charge in [-0.15, -0.1) is 23.1 Å². The molecule has 104 valence electrons. The number of carboxylic acid groups (broad SMARTS) is 1. The van der Waals surface area contributed by atoms with Crippen molar-refractivity contribution in [2.75, 3.05) is 5.75 Å². The lowest BCUT2D eigenvalue weighted by atomic mass is 10.1. The van der Waals surface area contributed by atoms with Crippen molar-refractivity contribution in [1.82, 2.24) is 9.88 Å². The fourth-order valence-electron chi connectivity index (χ4n) is 2.21. The number of aromatic nitrogens is 1. The smallest absolute Gasteiger partial charge is 0.352 e. The van der Waals surface area contributed by atoms with E-state index in [2.05, 4.69) is 4.98 Å². The van der Waals surface area contributed by atoms with Gasteiger partial charge in [0.1, 0.15) is 5.70 Å². The first-order chi connectivity index (χ1) is 9.58. The lowest BCUT2D eigenvalue weighted by Crippen LogP contribution is -2.53. The largest absolute Gasteiger partial charge is 0.477 e. The van der Waals surface area contributed by atoms with E-state index >= 15 is 0 Å². The molecule has 1 atom stereocenters. The highest BCUT2D eigenvalue weighted by molar-refractivity contribution is 8.00. The molecule has 1 N–H and O–H groups in total. The van der Waals surface area contributed by atoms with Crippen LogP contribution in [-0.4, -0.2) is 38.0 Å². The topological polar surface area (TPSA) is 70.5 Å². The maximum absolute atomic E-state index is 11.6. The van der Waals surface area contributed by atoms with Crippen LogP contribution in [0.15, 0.2) is 22.9 Å². The lowest BCUT2D eigenvalue weighted by Gasteiger charge is -2.43. The minimum Gasteiger partial charge on any atom is -0.477 e. The summed E-state index contributed by atoms with van der Waals surface area (Å²) < 4.78 is 0. The van der Waals surface area contributed by atoms with Gasteiger partial charge in [0.05, 0.1) is 23.0 Å². The minimum atomic E-state index is -1.04. The molecule has 0 radical (unpaired) electrons. The van der Waals surface area contributed by atoms with Crippen LogP contribution >= 0.6 is 23.1 Å². The molecular weight excluding hydrogens is 296 g/mol. The highest BCUT2D eigenvalue weighted by Gasteiger charge is 2.44. The predicted molar refractivity (Wildman–Crippen MR) is 78.3 cm³/mol. The average Bonchev–Trinajstić information content (AvgIpc) is 2.80. The van der Waals surface area contributed by atoms with Crippen molar-refractivity contribution < 1.29 is 14.7 Å². The van der Waals surface area contributed by atoms with Crippen molar-refractivity contribution in [2.24, 2.45) is 0 Å². The zero-order valence-electron chi connectivity index (χ0n) is 10.7. The van der Waals surface area contributed by atoms with Crippen LogP contribution in [0.2, 0.25) is 0 Å². The van der Waals surface area contributed by atoms with Crippen molar-refractivity contribution in [3.05, 3.63) is 33.4 Å². The van der Waals surface area contributed by atoms with Crippen LogP contribution in [0.1, 0.15) is 17.0 Å². The molecule has 0 aromatic carbocycles. The second kappa shape index (κ2) is 5.06. The normalized spacial score (nSPS) is 22.1. The van der Waals surface area contributed by atoms with Gasteiger partial charge in [-0.05, 0) is 18.6 Å². The van der Waals surface area contributed by atoms with E-state index in [1.165, 1.54) is 16.2 Å². The lowest BCUT2D eigenvalue weighted by molar-refractivity contribution is -0.146. The van der Waals surface area contributed by atoms with Gasteiger partial charge in [-0.2, -0.15) is 0 Å². The van der Waals surface area contributed by atoms with Crippen LogP contribution in [-0.2, 0) is 9.59 Å². The first-order valence-corrected chi connectivity index (χ1v) is 7.99. The summed E-state index contributed by atoms with van der Waals surface area (Å²) in [6.07, 6.45) is 4.10. The maximum Gasteiger partial charge on any atom is 0.352 e. The number of hydrogen-bond acceptors (Lipinski definition) is 5. The summed E-state index contributed by atoms with van der Waals surface area (Å²) in [5.41, 5.74) is 3.49. The summed E-state index contributed by atoms with van der Waals surface area (Å²) in [5.74, 6) is -0.534. The molecular formula is C13H12N2O3S2. The SMILES string of the molecule is Cc1ncsc1C=CC1=C(C(=O)O)N2C(=O)C[C@H]2SC1. The van der Waals surface area contributed by atoms with Crippen molar-refractivity contribution in [2.45, 2.75) is 18.7 Å². The fourth-order valence-corrected chi connectivity index (χ4v) is 4.14. The first kappa shape index (κ1) is 13.4. The van der Waals surface area contributed by atoms with Gasteiger partial charge in [-0.1, -0.05) is 6.08 Å². The quantitative estimate of drug-likeness (QED) is 0.866. The number of thiazole rings is 1. The predicted octanol–water partition coefficient (Wildman–Crippen LogP) is 2.11. The Morgan fingerprint density at radius 3 is 2.95 bits per heavy atom. The van der Waals surface area contributed by atoms with Crippen molar-refractivity contribution >= 4 is 41.1 Å². The number of thioether (sulfide) groups is 1. The molecule has 0 bridgehead atoms. The summed E-state index contributed by atoms with van der Waals surface area (Å²) in [4.78, 5) is 29.6. The van der Waals surface area contributed by atoms with E-state index in [1.807, 2.05) is 13.0 Å². The molecule has 1 fully saturated rings. The van der Waals surface area contributed by atoms with Gasteiger partial charge in [0.15, 0.2) is 0 Å². The van der Waals surface area contributed by atoms with E-state index in [0.717, 1.165) is 10.6 Å². The Labute approximate surface area is 124 Å². The number of nitrogens with zero attached hydrogens (tertiary/aromatic N) is 2. The number of carbonyl (C=O) groups is 2. The standard InChI is InChI=1S/C13H12N2O3S2/c1-7-9(20-6-14-7)3-2-8-5-19-11-4-10(16)15(11)12(8)13(17)18/h2-3,6,11H,4-5H2,1H3,(H,17,18)/t11-/m1/s1. The van der Waals surface area contributed by atoms with Crippen LogP contribution in [0.4, 0.5) is 0 Å². The van der Waals surface area contributed by atoms with Gasteiger partial charge < -0.3 is 5.11 Å². The molecule has 5 nitrogen and oxygen atoms in total. The molecule has 3 rings (SSSR count). The van der Waals surface area contributed by atoms with E-state index < -0.39 is 5.97 Å². The van der Waals surface area contributed by atoms with E-state index in [0.29, 0.717) is 17.7 Å². The van der Waals surface area contributed by atoms with Gasteiger partial charge in [-0.25, -0.2) is 9.78 Å². The number of carboxylic acids is 1.